The van der Waals surface area contributed by atoms with Crippen LogP contribution >= 0.6 is 0 Å². The average Bonchev–Trinajstić information content (AvgIpc) is 2.24. The summed E-state index contributed by atoms with van der Waals surface area (Å²) in [5, 5.41) is 0. The van der Waals surface area contributed by atoms with E-state index in [0.717, 1.165) is 11.1 Å². The van der Waals surface area contributed by atoms with Gasteiger partial charge in [-0.15, -0.1) is 0 Å². The molecule has 0 bridgehead atoms. The van der Waals surface area contributed by atoms with E-state index < -0.39 is 0 Å². The Labute approximate surface area is 95.5 Å². The van der Waals surface area contributed by atoms with Gasteiger partial charge < -0.3 is 4.74 Å². The third-order valence-corrected chi connectivity index (χ3v) is 2.02. The molecule has 0 aliphatic heterocycles. The maximum Gasteiger partial charge on any atom is 0.247 e. The lowest BCUT2D eigenvalue weighted by Gasteiger charge is -2.05. The Hall–Kier alpha value is -1.39. The van der Waals surface area contributed by atoms with Crippen LogP contribution in [0.1, 0.15) is 11.1 Å². The van der Waals surface area contributed by atoms with E-state index >= 15 is 0 Å². The first-order valence-electron chi connectivity index (χ1n) is 5.17. The molecule has 0 fully saturated rings. The number of hydrogen-bond acceptors (Lipinski definition) is 3. The number of aryl methyl sites for hydroxylation is 1. The van der Waals surface area contributed by atoms with Crippen molar-refractivity contribution >= 4 is 5.91 Å². The number of carbonyl (C=O) groups excluding carboxylic acids is 1. The minimum absolute atomic E-state index is 0.151. The van der Waals surface area contributed by atoms with Gasteiger partial charge in [0.05, 0.1) is 19.6 Å². The van der Waals surface area contributed by atoms with Gasteiger partial charge in [-0.25, -0.2) is 5.48 Å². The Morgan fingerprint density at radius 1 is 1.38 bits per heavy atom. The van der Waals surface area contributed by atoms with Crippen molar-refractivity contribution in [2.24, 2.45) is 0 Å². The first-order valence-corrected chi connectivity index (χ1v) is 5.17. The third-order valence-electron chi connectivity index (χ3n) is 2.02. The number of benzene rings is 1. The highest BCUT2D eigenvalue weighted by Gasteiger charge is 2.02. The van der Waals surface area contributed by atoms with Crippen molar-refractivity contribution < 1.29 is 14.4 Å². The summed E-state index contributed by atoms with van der Waals surface area (Å²) in [5.74, 6) is -0.151. The molecule has 4 heteroatoms. The van der Waals surface area contributed by atoms with Crippen LogP contribution < -0.4 is 5.48 Å². The van der Waals surface area contributed by atoms with Gasteiger partial charge >= 0.3 is 0 Å². The molecule has 0 unspecified atom stereocenters. The fourth-order valence-corrected chi connectivity index (χ4v) is 1.30. The van der Waals surface area contributed by atoms with E-state index in [2.05, 4.69) is 5.48 Å². The van der Waals surface area contributed by atoms with Gasteiger partial charge in [-0.1, -0.05) is 29.8 Å². The zero-order valence-corrected chi connectivity index (χ0v) is 9.66. The molecule has 16 heavy (non-hydrogen) atoms. The molecule has 0 atom stereocenters. The van der Waals surface area contributed by atoms with Crippen LogP contribution in [0.3, 0.4) is 0 Å². The normalized spacial score (nSPS) is 10.1. The number of hydroxylamine groups is 1. The minimum Gasteiger partial charge on any atom is -0.382 e. The van der Waals surface area contributed by atoms with E-state index in [1.54, 1.807) is 7.11 Å². The van der Waals surface area contributed by atoms with E-state index in [0.29, 0.717) is 19.6 Å². The van der Waals surface area contributed by atoms with E-state index in [-0.39, 0.29) is 5.91 Å². The van der Waals surface area contributed by atoms with Gasteiger partial charge in [-0.05, 0) is 12.5 Å². The Morgan fingerprint density at radius 3 is 2.88 bits per heavy atom. The maximum atomic E-state index is 11.4. The molecule has 1 aromatic carbocycles. The summed E-state index contributed by atoms with van der Waals surface area (Å²) >= 11 is 0. The van der Waals surface area contributed by atoms with Gasteiger partial charge in [0.15, 0.2) is 0 Å². The zero-order chi connectivity index (χ0) is 11.8. The monoisotopic (exact) mass is 223 g/mol. The van der Waals surface area contributed by atoms with Crippen molar-refractivity contribution in [1.29, 1.82) is 0 Å². The standard InChI is InChI=1S/C12H17NO3/c1-10-4-3-5-11(8-10)9-12(14)13-16-7-6-15-2/h3-5,8H,6-7,9H2,1-2H3,(H,13,14). The van der Waals surface area contributed by atoms with Crippen molar-refractivity contribution in [2.75, 3.05) is 20.3 Å². The molecule has 88 valence electrons. The average molecular weight is 223 g/mol. The van der Waals surface area contributed by atoms with Crippen molar-refractivity contribution in [2.45, 2.75) is 13.3 Å². The summed E-state index contributed by atoms with van der Waals surface area (Å²) in [5.41, 5.74) is 4.49. The fourth-order valence-electron chi connectivity index (χ4n) is 1.30. The number of methoxy groups -OCH3 is 1. The Bertz CT molecular complexity index is 339. The maximum absolute atomic E-state index is 11.4. The van der Waals surface area contributed by atoms with Crippen LogP contribution in [-0.4, -0.2) is 26.2 Å². The first kappa shape index (κ1) is 12.7. The van der Waals surface area contributed by atoms with Crippen LogP contribution in [0, 0.1) is 6.92 Å². The van der Waals surface area contributed by atoms with Crippen LogP contribution in [0.5, 0.6) is 0 Å². The molecule has 1 aromatic rings. The molecule has 0 spiro atoms. The molecule has 1 amide bonds. The molecule has 1 rings (SSSR count). The molecule has 4 nitrogen and oxygen atoms in total. The molecule has 0 radical (unpaired) electrons. The highest BCUT2D eigenvalue weighted by atomic mass is 16.7. The van der Waals surface area contributed by atoms with Gasteiger partial charge in [0.2, 0.25) is 5.91 Å². The Morgan fingerprint density at radius 2 is 2.19 bits per heavy atom. The number of amides is 1. The predicted octanol–water partition coefficient (Wildman–Crippen LogP) is 1.23. The van der Waals surface area contributed by atoms with Crippen LogP contribution in [0.4, 0.5) is 0 Å². The van der Waals surface area contributed by atoms with Gasteiger partial charge in [0, 0.05) is 7.11 Å². The lowest BCUT2D eigenvalue weighted by atomic mass is 10.1. The molecular weight excluding hydrogens is 206 g/mol. The van der Waals surface area contributed by atoms with Gasteiger partial charge in [-0.3, -0.25) is 9.63 Å². The van der Waals surface area contributed by atoms with Crippen molar-refractivity contribution in [3.8, 4) is 0 Å². The summed E-state index contributed by atoms with van der Waals surface area (Å²) in [6, 6.07) is 7.83. The zero-order valence-electron chi connectivity index (χ0n) is 9.66. The van der Waals surface area contributed by atoms with E-state index in [9.17, 15) is 4.79 Å². The summed E-state index contributed by atoms with van der Waals surface area (Å²) in [4.78, 5) is 16.3. The topological polar surface area (TPSA) is 47.6 Å². The number of rotatable bonds is 6. The summed E-state index contributed by atoms with van der Waals surface area (Å²) < 4.78 is 4.78. The van der Waals surface area contributed by atoms with Crippen LogP contribution in [0.2, 0.25) is 0 Å². The molecule has 0 aliphatic carbocycles. The SMILES string of the molecule is COCCONC(=O)Cc1cccc(C)c1. The van der Waals surface area contributed by atoms with E-state index in [4.69, 9.17) is 9.57 Å². The Kier molecular flexibility index (Phi) is 5.53. The third kappa shape index (κ3) is 4.91. The summed E-state index contributed by atoms with van der Waals surface area (Å²) in [7, 11) is 1.58. The molecule has 0 heterocycles. The summed E-state index contributed by atoms with van der Waals surface area (Å²) in [6.07, 6.45) is 0.328. The van der Waals surface area contributed by atoms with Crippen molar-refractivity contribution in [1.82, 2.24) is 5.48 Å². The lowest BCUT2D eigenvalue weighted by molar-refractivity contribution is -0.133. The molecule has 0 saturated carbocycles. The molecular formula is C12H17NO3. The molecule has 0 aromatic heterocycles. The van der Waals surface area contributed by atoms with E-state index in [1.807, 2.05) is 31.2 Å². The fraction of sp³-hybridized carbons (Fsp3) is 0.417. The number of ether oxygens (including phenoxy) is 1. The van der Waals surface area contributed by atoms with Gasteiger partial charge in [0.1, 0.15) is 0 Å². The Balaban J connectivity index is 2.29. The number of carbonyl (C=O) groups is 1. The molecule has 0 aliphatic rings. The second kappa shape index (κ2) is 6.98. The number of hydrogen-bond donors (Lipinski definition) is 1. The molecule has 0 saturated heterocycles. The number of nitrogens with one attached hydrogen (secondary N) is 1. The smallest absolute Gasteiger partial charge is 0.247 e. The largest absolute Gasteiger partial charge is 0.382 e. The van der Waals surface area contributed by atoms with Crippen LogP contribution in [-0.2, 0) is 20.8 Å². The van der Waals surface area contributed by atoms with Gasteiger partial charge in [-0.2, -0.15) is 0 Å². The quantitative estimate of drug-likeness (QED) is 0.583. The molecule has 1 N–H and O–H groups in total. The van der Waals surface area contributed by atoms with E-state index in [1.165, 1.54) is 0 Å². The second-order valence-electron chi connectivity index (χ2n) is 3.53. The highest BCUT2D eigenvalue weighted by Crippen LogP contribution is 2.04. The van der Waals surface area contributed by atoms with Crippen molar-refractivity contribution in [3.05, 3.63) is 35.4 Å². The van der Waals surface area contributed by atoms with Gasteiger partial charge in [0.25, 0.3) is 0 Å². The van der Waals surface area contributed by atoms with Crippen LogP contribution in [0.25, 0.3) is 0 Å². The minimum atomic E-state index is -0.151. The second-order valence-corrected chi connectivity index (χ2v) is 3.53. The lowest BCUT2D eigenvalue weighted by Crippen LogP contribution is -2.26. The first-order chi connectivity index (χ1) is 7.72. The highest BCUT2D eigenvalue weighted by molar-refractivity contribution is 5.77. The van der Waals surface area contributed by atoms with Crippen LogP contribution in [0.15, 0.2) is 24.3 Å². The van der Waals surface area contributed by atoms with Crippen molar-refractivity contribution in [3.63, 3.8) is 0 Å². The summed E-state index contributed by atoms with van der Waals surface area (Å²) in [6.45, 7) is 2.82. The predicted molar refractivity (Wildman–Crippen MR) is 60.9 cm³/mol.